The first kappa shape index (κ1) is 19.9. The molecule has 3 rings (SSSR count). The van der Waals surface area contributed by atoms with Gasteiger partial charge in [-0.15, -0.1) is 0 Å². The quantitative estimate of drug-likeness (QED) is 0.377. The van der Waals surface area contributed by atoms with Crippen molar-refractivity contribution < 1.29 is 34.2 Å². The highest BCUT2D eigenvalue weighted by Gasteiger charge is 2.26. The maximum Gasteiger partial charge on any atom is 0.322 e. The maximum absolute atomic E-state index is 12.3. The van der Waals surface area contributed by atoms with Crippen LogP contribution in [0.4, 0.5) is 5.82 Å². The van der Waals surface area contributed by atoms with Crippen molar-refractivity contribution in [1.82, 2.24) is 15.5 Å². The van der Waals surface area contributed by atoms with Gasteiger partial charge in [-0.1, -0.05) is 28.9 Å². The van der Waals surface area contributed by atoms with Gasteiger partial charge in [-0.2, -0.15) is 0 Å². The Bertz CT molecular complexity index is 1130. The average Bonchev–Trinajstić information content (AvgIpc) is 3.11. The molecule has 0 atom stereocenters. The Hall–Kier alpha value is -3.86. The maximum atomic E-state index is 12.3. The van der Waals surface area contributed by atoms with E-state index in [9.17, 15) is 19.5 Å². The van der Waals surface area contributed by atoms with E-state index in [-0.39, 0.29) is 22.5 Å². The van der Waals surface area contributed by atoms with Crippen LogP contribution in [-0.2, 0) is 9.59 Å². The van der Waals surface area contributed by atoms with Crippen molar-refractivity contribution in [3.05, 3.63) is 35.0 Å². The number of amides is 1. The van der Waals surface area contributed by atoms with Gasteiger partial charge in [-0.3, -0.25) is 14.4 Å². The molecule has 5 N–H and O–H groups in total. The number of aromatic nitrogens is 2. The third-order valence-electron chi connectivity index (χ3n) is 3.71. The molecule has 0 saturated heterocycles. The third kappa shape index (κ3) is 4.19. The van der Waals surface area contributed by atoms with Gasteiger partial charge in [0.1, 0.15) is 18.8 Å². The van der Waals surface area contributed by atoms with Gasteiger partial charge in [0, 0.05) is 10.6 Å². The van der Waals surface area contributed by atoms with Gasteiger partial charge >= 0.3 is 11.9 Å². The Morgan fingerprint density at radius 2 is 1.86 bits per heavy atom. The molecule has 2 aromatic heterocycles. The molecule has 3 aromatic rings. The summed E-state index contributed by atoms with van der Waals surface area (Å²) in [7, 11) is 0. The predicted octanol–water partition coefficient (Wildman–Crippen LogP) is 1.56. The van der Waals surface area contributed by atoms with Crippen LogP contribution in [0.3, 0.4) is 0 Å². The van der Waals surface area contributed by atoms with Crippen molar-refractivity contribution in [3.63, 3.8) is 0 Å². The van der Waals surface area contributed by atoms with Crippen LogP contribution in [0.2, 0.25) is 5.02 Å². The van der Waals surface area contributed by atoms with Gasteiger partial charge in [-0.05, 0) is 12.1 Å². The number of rotatable bonds is 7. The summed E-state index contributed by atoms with van der Waals surface area (Å²) in [5.41, 5.74) is -0.0292. The van der Waals surface area contributed by atoms with Gasteiger partial charge < -0.3 is 30.5 Å². The van der Waals surface area contributed by atoms with Crippen molar-refractivity contribution in [2.24, 2.45) is 0 Å². The van der Waals surface area contributed by atoms with Crippen LogP contribution in [0.25, 0.3) is 22.2 Å². The fourth-order valence-electron chi connectivity index (χ4n) is 2.52. The number of carbonyl (C=O) groups is 3. The summed E-state index contributed by atoms with van der Waals surface area (Å²) >= 11 is 5.99. The summed E-state index contributed by atoms with van der Waals surface area (Å²) in [5, 5.41) is 37.1. The number of carboxylic acid groups (broad SMARTS) is 2. The molecule has 0 aliphatic carbocycles. The number of carboxylic acids is 2. The molecule has 0 radical (unpaired) electrons. The Labute approximate surface area is 166 Å². The zero-order valence-corrected chi connectivity index (χ0v) is 15.2. The molecule has 2 heterocycles. The van der Waals surface area contributed by atoms with Crippen LogP contribution in [0, 0.1) is 0 Å². The van der Waals surface area contributed by atoms with Gasteiger partial charge in [0.2, 0.25) is 5.58 Å². The first-order valence-electron chi connectivity index (χ1n) is 8.02. The lowest BCUT2D eigenvalue weighted by Crippen LogP contribution is -2.30. The van der Waals surface area contributed by atoms with Crippen molar-refractivity contribution in [2.75, 3.05) is 18.4 Å². The van der Waals surface area contributed by atoms with Gasteiger partial charge in [-0.25, -0.2) is 4.98 Å². The summed E-state index contributed by atoms with van der Waals surface area (Å²) in [4.78, 5) is 37.8. The molecule has 0 unspecified atom stereocenters. The van der Waals surface area contributed by atoms with E-state index in [1.165, 1.54) is 0 Å². The number of aliphatic carboxylic acids is 2. The lowest BCUT2D eigenvalue weighted by molar-refractivity contribution is -0.136. The fraction of sp³-hybridized carbons (Fsp3) is 0.118. The second-order valence-corrected chi connectivity index (χ2v) is 6.16. The average molecular weight is 421 g/mol. The van der Waals surface area contributed by atoms with Crippen LogP contribution in [0.5, 0.6) is 5.75 Å². The fourth-order valence-corrected chi connectivity index (χ4v) is 2.71. The van der Waals surface area contributed by atoms with Gasteiger partial charge in [0.05, 0.1) is 5.39 Å². The summed E-state index contributed by atoms with van der Waals surface area (Å²) in [5.74, 6) is -4.27. The Morgan fingerprint density at radius 1 is 1.14 bits per heavy atom. The van der Waals surface area contributed by atoms with Crippen LogP contribution in [0.15, 0.2) is 28.8 Å². The van der Waals surface area contributed by atoms with Gasteiger partial charge in [0.25, 0.3) is 5.91 Å². The minimum Gasteiger partial charge on any atom is -0.505 e. The van der Waals surface area contributed by atoms with Gasteiger partial charge in [0.15, 0.2) is 17.3 Å². The number of hydrogen-bond acceptors (Lipinski definition) is 8. The monoisotopic (exact) mass is 420 g/mol. The number of aromatic hydroxyl groups is 1. The first-order chi connectivity index (χ1) is 13.8. The number of pyridine rings is 1. The number of fused-ring (bicyclic) bond motifs is 1. The second kappa shape index (κ2) is 8.02. The Kier molecular flexibility index (Phi) is 5.50. The number of nitrogens with zero attached hydrogens (tertiary/aromatic N) is 2. The molecule has 0 bridgehead atoms. The zero-order chi connectivity index (χ0) is 21.1. The molecule has 0 spiro atoms. The largest absolute Gasteiger partial charge is 0.505 e. The summed E-state index contributed by atoms with van der Waals surface area (Å²) in [6.07, 6.45) is 0. The second-order valence-electron chi connectivity index (χ2n) is 5.73. The number of hydrogen-bond donors (Lipinski definition) is 5. The molecule has 1 amide bonds. The van der Waals surface area contributed by atoms with Crippen molar-refractivity contribution >= 4 is 46.2 Å². The van der Waals surface area contributed by atoms with Crippen molar-refractivity contribution in [2.45, 2.75) is 0 Å². The molecule has 0 aliphatic heterocycles. The Morgan fingerprint density at radius 3 is 2.52 bits per heavy atom. The predicted molar refractivity (Wildman–Crippen MR) is 100 cm³/mol. The summed E-state index contributed by atoms with van der Waals surface area (Å²) in [6, 6.07) is 6.45. The number of nitrogens with one attached hydrogen (secondary N) is 2. The van der Waals surface area contributed by atoms with E-state index in [1.54, 1.807) is 24.3 Å². The highest BCUT2D eigenvalue weighted by Crippen LogP contribution is 2.39. The molecule has 0 fully saturated rings. The summed E-state index contributed by atoms with van der Waals surface area (Å²) in [6.45, 7) is -1.27. The molecule has 12 heteroatoms. The van der Waals surface area contributed by atoms with Crippen molar-refractivity contribution in [3.8, 4) is 17.0 Å². The molecular weight excluding hydrogens is 408 g/mol. The van der Waals surface area contributed by atoms with Crippen molar-refractivity contribution in [1.29, 1.82) is 0 Å². The number of carbonyl (C=O) groups excluding carboxylic acids is 1. The van der Waals surface area contributed by atoms with Crippen LogP contribution in [-0.4, -0.2) is 56.4 Å². The molecule has 1 aromatic carbocycles. The number of anilines is 1. The third-order valence-corrected chi connectivity index (χ3v) is 3.95. The number of benzene rings is 1. The van der Waals surface area contributed by atoms with Crippen LogP contribution in [0.1, 0.15) is 10.5 Å². The lowest BCUT2D eigenvalue weighted by Gasteiger charge is -2.09. The molecule has 0 aliphatic rings. The van der Waals surface area contributed by atoms with Crippen LogP contribution < -0.4 is 10.6 Å². The van der Waals surface area contributed by atoms with E-state index in [2.05, 4.69) is 20.8 Å². The molecule has 150 valence electrons. The number of halogens is 1. The van der Waals surface area contributed by atoms with E-state index >= 15 is 0 Å². The molecule has 11 nitrogen and oxygen atoms in total. The van der Waals surface area contributed by atoms with E-state index in [1.807, 2.05) is 0 Å². The highest BCUT2D eigenvalue weighted by atomic mass is 35.5. The molecule has 29 heavy (non-hydrogen) atoms. The SMILES string of the molecule is O=C(O)CNC(=O)c1nc(NCC(=O)O)c2onc(-c3cccc(Cl)c3)c2c1O. The Balaban J connectivity index is 2.19. The minimum absolute atomic E-state index is 0.0179. The lowest BCUT2D eigenvalue weighted by atomic mass is 10.1. The highest BCUT2D eigenvalue weighted by molar-refractivity contribution is 6.31. The van der Waals surface area contributed by atoms with E-state index in [0.29, 0.717) is 10.6 Å². The zero-order valence-electron chi connectivity index (χ0n) is 14.5. The smallest absolute Gasteiger partial charge is 0.322 e. The van der Waals surface area contributed by atoms with E-state index < -0.39 is 42.4 Å². The first-order valence-corrected chi connectivity index (χ1v) is 8.39. The minimum atomic E-state index is -1.30. The van der Waals surface area contributed by atoms with Crippen LogP contribution >= 0.6 is 11.6 Å². The molecular formula is C17H13ClN4O7. The normalized spacial score (nSPS) is 10.7. The summed E-state index contributed by atoms with van der Waals surface area (Å²) < 4.78 is 5.22. The molecule has 0 saturated carbocycles. The topological polar surface area (TPSA) is 175 Å². The standard InChI is InChI=1S/C17H13ClN4O7/c18-8-3-1-2-7(4-8)12-11-14(27)13(17(28)20-6-10(25)26)21-16(15(11)29-22-12)19-5-9(23)24/h1-4,27H,5-6H2,(H,19,21)(H,20,28)(H,23,24)(H,25,26). The van der Waals surface area contributed by atoms with E-state index in [4.69, 9.17) is 26.3 Å². The van der Waals surface area contributed by atoms with E-state index in [0.717, 1.165) is 0 Å².